The first-order valence-corrected chi connectivity index (χ1v) is 13.8. The summed E-state index contributed by atoms with van der Waals surface area (Å²) in [4.78, 5) is 7.18. The molecule has 0 N–H and O–H groups in total. The molecule has 0 amide bonds. The van der Waals surface area contributed by atoms with Crippen molar-refractivity contribution in [1.82, 2.24) is 4.98 Å². The van der Waals surface area contributed by atoms with Crippen LogP contribution in [0.15, 0.2) is 40.6 Å². The fourth-order valence-electron chi connectivity index (χ4n) is 4.42. The Bertz CT molecular complexity index is 1220. The van der Waals surface area contributed by atoms with Gasteiger partial charge in [-0.05, 0) is 68.5 Å². The predicted molar refractivity (Wildman–Crippen MR) is 134 cm³/mol. The van der Waals surface area contributed by atoms with Crippen molar-refractivity contribution in [3.63, 3.8) is 0 Å². The van der Waals surface area contributed by atoms with Crippen molar-refractivity contribution >= 4 is 49.5 Å². The smallest absolute Gasteiger partial charge is 0.185 e. The van der Waals surface area contributed by atoms with Gasteiger partial charge < -0.3 is 4.90 Å². The van der Waals surface area contributed by atoms with Gasteiger partial charge in [0.2, 0.25) is 0 Å². The molecule has 2 heterocycles. The van der Waals surface area contributed by atoms with Crippen LogP contribution in [-0.2, 0) is 16.3 Å². The summed E-state index contributed by atoms with van der Waals surface area (Å²) >= 11 is 13.8. The maximum Gasteiger partial charge on any atom is 0.185 e. The predicted octanol–water partition coefficient (Wildman–Crippen LogP) is 6.41. The Hall–Kier alpha value is -1.60. The number of halogens is 2. The normalized spacial score (nSPS) is 15.3. The van der Waals surface area contributed by atoms with E-state index < -0.39 is 15.1 Å². The fraction of sp³-hybridized carbons (Fsp3) is 0.375. The first-order valence-electron chi connectivity index (χ1n) is 10.6. The van der Waals surface area contributed by atoms with Crippen molar-refractivity contribution in [2.24, 2.45) is 0 Å². The van der Waals surface area contributed by atoms with Crippen LogP contribution >= 0.6 is 34.5 Å². The van der Waals surface area contributed by atoms with Gasteiger partial charge >= 0.3 is 0 Å². The Morgan fingerprint density at radius 3 is 2.38 bits per heavy atom. The van der Waals surface area contributed by atoms with E-state index in [-0.39, 0.29) is 9.92 Å². The lowest BCUT2D eigenvalue weighted by Crippen LogP contribution is -2.39. The van der Waals surface area contributed by atoms with E-state index in [9.17, 15) is 8.42 Å². The van der Waals surface area contributed by atoms with Gasteiger partial charge in [0.15, 0.2) is 15.0 Å². The van der Waals surface area contributed by atoms with Crippen molar-refractivity contribution in [2.45, 2.75) is 50.2 Å². The second-order valence-corrected chi connectivity index (χ2v) is 12.4. The minimum absolute atomic E-state index is 0.130. The summed E-state index contributed by atoms with van der Waals surface area (Å²) < 4.78 is 26.2. The first-order chi connectivity index (χ1) is 15.1. The Morgan fingerprint density at radius 2 is 1.72 bits per heavy atom. The molecule has 3 aromatic rings. The Balaban J connectivity index is 1.44. The topological polar surface area (TPSA) is 50.3 Å². The Morgan fingerprint density at radius 1 is 1.06 bits per heavy atom. The summed E-state index contributed by atoms with van der Waals surface area (Å²) in [6, 6.07) is 9.03. The number of thiazole rings is 1. The molecular formula is C24H26Cl2N2O2S2. The minimum atomic E-state index is -3.53. The van der Waals surface area contributed by atoms with Crippen molar-refractivity contribution in [3.8, 4) is 0 Å². The monoisotopic (exact) mass is 508 g/mol. The van der Waals surface area contributed by atoms with Gasteiger partial charge in [-0.25, -0.2) is 13.4 Å². The van der Waals surface area contributed by atoms with E-state index in [4.69, 9.17) is 28.2 Å². The van der Waals surface area contributed by atoms with Crippen LogP contribution in [0.3, 0.4) is 0 Å². The lowest BCUT2D eigenvalue weighted by molar-refractivity contribution is 0.529. The average Bonchev–Trinajstić information content (AvgIpc) is 3.21. The van der Waals surface area contributed by atoms with Gasteiger partial charge in [0, 0.05) is 29.9 Å². The van der Waals surface area contributed by atoms with Crippen molar-refractivity contribution in [2.75, 3.05) is 18.0 Å². The van der Waals surface area contributed by atoms with Gasteiger partial charge in [-0.15, -0.1) is 11.3 Å². The number of benzene rings is 2. The number of nitrogens with zero attached hydrogens (tertiary/aromatic N) is 2. The SMILES string of the molecule is Cc1cc(C)c(Cc2csc(N3CCC(S(=O)(=O)c4cc(Cl)ccc4Cl)CC3)n2)c(C)c1. The summed E-state index contributed by atoms with van der Waals surface area (Å²) in [7, 11) is -3.53. The van der Waals surface area contributed by atoms with Crippen LogP contribution in [-0.4, -0.2) is 31.7 Å². The maximum absolute atomic E-state index is 13.1. The molecule has 0 saturated carbocycles. The largest absolute Gasteiger partial charge is 0.348 e. The van der Waals surface area contributed by atoms with E-state index in [1.54, 1.807) is 23.5 Å². The first kappa shape index (κ1) is 23.6. The zero-order chi connectivity index (χ0) is 23.0. The van der Waals surface area contributed by atoms with Crippen LogP contribution in [0.25, 0.3) is 0 Å². The van der Waals surface area contributed by atoms with Crippen LogP contribution in [0.1, 0.15) is 40.8 Å². The Kier molecular flexibility index (Phi) is 6.87. The highest BCUT2D eigenvalue weighted by Gasteiger charge is 2.33. The molecule has 0 spiro atoms. The van der Waals surface area contributed by atoms with Gasteiger partial charge in [-0.1, -0.05) is 40.9 Å². The van der Waals surface area contributed by atoms with E-state index in [0.717, 1.165) is 17.2 Å². The average molecular weight is 510 g/mol. The number of rotatable bonds is 5. The zero-order valence-electron chi connectivity index (χ0n) is 18.4. The number of aryl methyl sites for hydroxylation is 3. The van der Waals surface area contributed by atoms with Gasteiger partial charge in [0.25, 0.3) is 0 Å². The summed E-state index contributed by atoms with van der Waals surface area (Å²) in [5.74, 6) is 0. The second kappa shape index (κ2) is 9.34. The van der Waals surface area contributed by atoms with Crippen LogP contribution < -0.4 is 4.90 Å². The molecule has 1 fully saturated rings. The molecule has 4 rings (SSSR count). The third kappa shape index (κ3) is 4.84. The molecule has 0 aliphatic carbocycles. The number of sulfone groups is 1. The van der Waals surface area contributed by atoms with E-state index >= 15 is 0 Å². The molecular weight excluding hydrogens is 483 g/mol. The molecule has 1 aliphatic rings. The molecule has 32 heavy (non-hydrogen) atoms. The molecule has 0 atom stereocenters. The Labute approximate surface area is 204 Å². The zero-order valence-corrected chi connectivity index (χ0v) is 21.5. The third-order valence-electron chi connectivity index (χ3n) is 6.09. The molecule has 8 heteroatoms. The fourth-order valence-corrected chi connectivity index (χ4v) is 7.80. The molecule has 2 aromatic carbocycles. The third-order valence-corrected chi connectivity index (χ3v) is 10.0. The molecule has 0 bridgehead atoms. The van der Waals surface area contributed by atoms with Gasteiger partial charge in [0.05, 0.1) is 20.9 Å². The number of aromatic nitrogens is 1. The molecule has 4 nitrogen and oxygen atoms in total. The molecule has 170 valence electrons. The number of hydrogen-bond donors (Lipinski definition) is 0. The highest BCUT2D eigenvalue weighted by Crippen LogP contribution is 2.33. The van der Waals surface area contributed by atoms with Crippen LogP contribution in [0.4, 0.5) is 5.13 Å². The van der Waals surface area contributed by atoms with Crippen molar-refractivity contribution in [3.05, 3.63) is 73.7 Å². The van der Waals surface area contributed by atoms with Crippen LogP contribution in [0.5, 0.6) is 0 Å². The van der Waals surface area contributed by atoms with E-state index in [2.05, 4.69) is 43.2 Å². The maximum atomic E-state index is 13.1. The highest BCUT2D eigenvalue weighted by atomic mass is 35.5. The number of hydrogen-bond acceptors (Lipinski definition) is 5. The van der Waals surface area contributed by atoms with Crippen molar-refractivity contribution in [1.29, 1.82) is 0 Å². The van der Waals surface area contributed by atoms with Gasteiger partial charge in [-0.3, -0.25) is 0 Å². The van der Waals surface area contributed by atoms with E-state index in [0.29, 0.717) is 31.0 Å². The van der Waals surface area contributed by atoms with E-state index in [1.807, 2.05) is 0 Å². The molecule has 0 radical (unpaired) electrons. The summed E-state index contributed by atoms with van der Waals surface area (Å²) in [5.41, 5.74) is 6.25. The highest BCUT2D eigenvalue weighted by molar-refractivity contribution is 7.92. The van der Waals surface area contributed by atoms with Crippen LogP contribution in [0.2, 0.25) is 10.0 Å². The van der Waals surface area contributed by atoms with Crippen LogP contribution in [0, 0.1) is 20.8 Å². The summed E-state index contributed by atoms with van der Waals surface area (Å²) in [6.07, 6.45) is 1.89. The lowest BCUT2D eigenvalue weighted by Gasteiger charge is -2.31. The lowest BCUT2D eigenvalue weighted by atomic mass is 9.96. The standard InChI is InChI=1S/C24H26Cl2N2O2S2/c1-15-10-16(2)21(17(3)11-15)13-19-14-31-24(27-19)28-8-6-20(7-9-28)32(29,30)23-12-18(25)4-5-22(23)26/h4-5,10-12,14,20H,6-9,13H2,1-3H3. The molecule has 0 unspecified atom stereocenters. The minimum Gasteiger partial charge on any atom is -0.348 e. The van der Waals surface area contributed by atoms with Crippen molar-refractivity contribution < 1.29 is 8.42 Å². The second-order valence-electron chi connectivity index (χ2n) is 8.48. The van der Waals surface area contributed by atoms with E-state index in [1.165, 1.54) is 28.3 Å². The number of piperidine rings is 1. The molecule has 1 aromatic heterocycles. The molecule has 1 saturated heterocycles. The number of anilines is 1. The summed E-state index contributed by atoms with van der Waals surface area (Å²) in [6.45, 7) is 7.73. The quantitative estimate of drug-likeness (QED) is 0.399. The van der Waals surface area contributed by atoms with Gasteiger partial charge in [-0.2, -0.15) is 0 Å². The van der Waals surface area contributed by atoms with Gasteiger partial charge in [0.1, 0.15) is 0 Å². The summed E-state index contributed by atoms with van der Waals surface area (Å²) in [5, 5.41) is 3.21. The molecule has 1 aliphatic heterocycles.